The molecule has 0 aliphatic carbocycles. The maximum Gasteiger partial charge on any atom is 0.267 e. The zero-order valence-electron chi connectivity index (χ0n) is 14.0. The lowest BCUT2D eigenvalue weighted by Gasteiger charge is -2.33. The number of halogens is 2. The Bertz CT molecular complexity index is 886. The maximum atomic E-state index is 14.0. The number of piperidine rings is 1. The Morgan fingerprint density at radius 1 is 1.15 bits per heavy atom. The van der Waals surface area contributed by atoms with Crippen molar-refractivity contribution in [3.8, 4) is 11.6 Å². The first-order chi connectivity index (χ1) is 12.7. The molecule has 2 aromatic heterocycles. The van der Waals surface area contributed by atoms with E-state index in [0.29, 0.717) is 23.0 Å². The highest BCUT2D eigenvalue weighted by Gasteiger charge is 2.29. The second-order valence-electron chi connectivity index (χ2n) is 6.23. The molecule has 8 heteroatoms. The monoisotopic (exact) mass is 357 g/mol. The number of benzene rings is 1. The van der Waals surface area contributed by atoms with E-state index in [4.69, 9.17) is 4.42 Å². The molecule has 1 aliphatic heterocycles. The van der Waals surface area contributed by atoms with Crippen molar-refractivity contribution < 1.29 is 13.2 Å². The normalized spacial score (nSPS) is 18.2. The van der Waals surface area contributed by atoms with Gasteiger partial charge in [0, 0.05) is 24.5 Å². The highest BCUT2D eigenvalue weighted by atomic mass is 19.2. The Labute approximate surface area is 148 Å². The number of nitrogens with zero attached hydrogens (tertiary/aromatic N) is 5. The van der Waals surface area contributed by atoms with E-state index >= 15 is 0 Å². The van der Waals surface area contributed by atoms with Crippen molar-refractivity contribution in [2.24, 2.45) is 0 Å². The van der Waals surface area contributed by atoms with Crippen LogP contribution in [0.4, 0.5) is 8.78 Å². The number of aromatic nitrogens is 4. The summed E-state index contributed by atoms with van der Waals surface area (Å²) in [5, 5.41) is 8.21. The largest absolute Gasteiger partial charge is 0.417 e. The highest BCUT2D eigenvalue weighted by molar-refractivity contribution is 5.43. The molecule has 0 N–H and O–H groups in total. The van der Waals surface area contributed by atoms with E-state index in [1.807, 2.05) is 0 Å². The van der Waals surface area contributed by atoms with Gasteiger partial charge in [0.2, 0.25) is 5.89 Å². The fourth-order valence-electron chi connectivity index (χ4n) is 3.23. The predicted octanol–water partition coefficient (Wildman–Crippen LogP) is 3.53. The van der Waals surface area contributed by atoms with Crippen LogP contribution in [-0.4, -0.2) is 31.6 Å². The zero-order valence-corrected chi connectivity index (χ0v) is 14.0. The second kappa shape index (κ2) is 7.25. The average molecular weight is 357 g/mol. The lowest BCUT2D eigenvalue weighted by molar-refractivity contribution is 0.116. The van der Waals surface area contributed by atoms with E-state index in [2.05, 4.69) is 25.1 Å². The Morgan fingerprint density at radius 2 is 2.08 bits per heavy atom. The van der Waals surface area contributed by atoms with Crippen molar-refractivity contribution >= 4 is 0 Å². The fourth-order valence-corrected chi connectivity index (χ4v) is 3.23. The summed E-state index contributed by atoms with van der Waals surface area (Å²) in [5.41, 5.74) is 0.829. The van der Waals surface area contributed by atoms with Crippen molar-refractivity contribution in [3.05, 3.63) is 59.9 Å². The minimum absolute atomic E-state index is 0.135. The summed E-state index contributed by atoms with van der Waals surface area (Å²) in [7, 11) is 0. The summed E-state index contributed by atoms with van der Waals surface area (Å²) in [6, 6.07) is 4.11. The molecular weight excluding hydrogens is 340 g/mol. The lowest BCUT2D eigenvalue weighted by atomic mass is 10.0. The van der Waals surface area contributed by atoms with Gasteiger partial charge >= 0.3 is 0 Å². The SMILES string of the molecule is Fc1cccc(CN2CCCCC2c2nnc(-c3cnccn3)o2)c1F. The third-order valence-electron chi connectivity index (χ3n) is 4.53. The lowest BCUT2D eigenvalue weighted by Crippen LogP contribution is -2.33. The predicted molar refractivity (Wildman–Crippen MR) is 88.7 cm³/mol. The molecule has 3 heterocycles. The van der Waals surface area contributed by atoms with Gasteiger partial charge in [0.25, 0.3) is 5.89 Å². The molecule has 0 spiro atoms. The number of hydrogen-bond acceptors (Lipinski definition) is 6. The van der Waals surface area contributed by atoms with E-state index in [1.165, 1.54) is 6.07 Å². The maximum absolute atomic E-state index is 14.0. The van der Waals surface area contributed by atoms with Gasteiger partial charge in [-0.25, -0.2) is 13.8 Å². The minimum atomic E-state index is -0.834. The topological polar surface area (TPSA) is 67.9 Å². The van der Waals surface area contributed by atoms with Crippen LogP contribution in [0, 0.1) is 11.6 Å². The Balaban J connectivity index is 1.58. The van der Waals surface area contributed by atoms with Crippen LogP contribution in [0.15, 0.2) is 41.2 Å². The summed E-state index contributed by atoms with van der Waals surface area (Å²) >= 11 is 0. The molecule has 0 bridgehead atoms. The van der Waals surface area contributed by atoms with Crippen molar-refractivity contribution in [2.75, 3.05) is 6.54 Å². The minimum Gasteiger partial charge on any atom is -0.417 e. The van der Waals surface area contributed by atoms with Gasteiger partial charge in [0.05, 0.1) is 12.2 Å². The fraction of sp³-hybridized carbons (Fsp3) is 0.333. The van der Waals surface area contributed by atoms with Crippen molar-refractivity contribution in [2.45, 2.75) is 31.8 Å². The van der Waals surface area contributed by atoms with Gasteiger partial charge in [-0.15, -0.1) is 10.2 Å². The highest BCUT2D eigenvalue weighted by Crippen LogP contribution is 2.33. The Hall–Kier alpha value is -2.74. The molecule has 1 aliphatic rings. The van der Waals surface area contributed by atoms with Crippen LogP contribution in [0.25, 0.3) is 11.6 Å². The van der Waals surface area contributed by atoms with E-state index in [1.54, 1.807) is 24.7 Å². The van der Waals surface area contributed by atoms with Crippen LogP contribution in [-0.2, 0) is 6.54 Å². The van der Waals surface area contributed by atoms with Gasteiger partial charge in [-0.1, -0.05) is 18.6 Å². The molecule has 0 saturated carbocycles. The van der Waals surface area contributed by atoms with Crippen molar-refractivity contribution in [1.29, 1.82) is 0 Å². The Morgan fingerprint density at radius 3 is 2.92 bits per heavy atom. The molecule has 134 valence electrons. The zero-order chi connectivity index (χ0) is 17.9. The van der Waals surface area contributed by atoms with Crippen LogP contribution < -0.4 is 0 Å². The summed E-state index contributed by atoms with van der Waals surface area (Å²) < 4.78 is 33.3. The van der Waals surface area contributed by atoms with E-state index in [0.717, 1.165) is 31.9 Å². The van der Waals surface area contributed by atoms with Crippen LogP contribution in [0.5, 0.6) is 0 Å². The summed E-state index contributed by atoms with van der Waals surface area (Å²) in [4.78, 5) is 10.2. The van der Waals surface area contributed by atoms with Crippen LogP contribution >= 0.6 is 0 Å². The van der Waals surface area contributed by atoms with Crippen LogP contribution in [0.3, 0.4) is 0 Å². The third kappa shape index (κ3) is 3.32. The summed E-state index contributed by atoms with van der Waals surface area (Å²) in [5.74, 6) is -0.876. The molecule has 1 unspecified atom stereocenters. The van der Waals surface area contributed by atoms with E-state index in [-0.39, 0.29) is 12.6 Å². The molecule has 1 saturated heterocycles. The molecule has 26 heavy (non-hydrogen) atoms. The van der Waals surface area contributed by atoms with Gasteiger partial charge in [0.1, 0.15) is 5.69 Å². The Kier molecular flexibility index (Phi) is 4.66. The molecule has 1 aromatic carbocycles. The van der Waals surface area contributed by atoms with Gasteiger partial charge in [0.15, 0.2) is 11.6 Å². The standard InChI is InChI=1S/C18H17F2N5O/c19-13-5-3-4-12(16(13)20)11-25-9-2-1-6-15(25)18-24-23-17(26-18)14-10-21-7-8-22-14/h3-5,7-8,10,15H,1-2,6,9,11H2. The molecule has 3 aromatic rings. The average Bonchev–Trinajstić information content (AvgIpc) is 3.17. The molecule has 0 radical (unpaired) electrons. The molecule has 1 fully saturated rings. The van der Waals surface area contributed by atoms with Crippen molar-refractivity contribution in [1.82, 2.24) is 25.1 Å². The second-order valence-corrected chi connectivity index (χ2v) is 6.23. The van der Waals surface area contributed by atoms with Gasteiger partial charge < -0.3 is 4.42 Å². The van der Waals surface area contributed by atoms with Gasteiger partial charge in [-0.2, -0.15) is 0 Å². The van der Waals surface area contributed by atoms with E-state index < -0.39 is 11.6 Å². The number of hydrogen-bond donors (Lipinski definition) is 0. The first-order valence-electron chi connectivity index (χ1n) is 8.49. The molecule has 0 amide bonds. The molecular formula is C18H17F2N5O. The van der Waals surface area contributed by atoms with Gasteiger partial charge in [-0.3, -0.25) is 9.88 Å². The van der Waals surface area contributed by atoms with Crippen molar-refractivity contribution in [3.63, 3.8) is 0 Å². The summed E-state index contributed by atoms with van der Waals surface area (Å²) in [6.45, 7) is 1.04. The van der Waals surface area contributed by atoms with E-state index in [9.17, 15) is 8.78 Å². The quantitative estimate of drug-likeness (QED) is 0.712. The molecule has 1 atom stereocenters. The van der Waals surface area contributed by atoms with Crippen LogP contribution in [0.1, 0.15) is 36.8 Å². The number of rotatable bonds is 4. The summed E-state index contributed by atoms with van der Waals surface area (Å²) in [6.07, 6.45) is 7.49. The van der Waals surface area contributed by atoms with Gasteiger partial charge in [-0.05, 0) is 25.5 Å². The smallest absolute Gasteiger partial charge is 0.267 e. The molecule has 6 nitrogen and oxygen atoms in total. The molecule has 4 rings (SSSR count). The first-order valence-corrected chi connectivity index (χ1v) is 8.49. The van der Waals surface area contributed by atoms with Crippen LogP contribution in [0.2, 0.25) is 0 Å². The first kappa shape index (κ1) is 16.7. The third-order valence-corrected chi connectivity index (χ3v) is 4.53. The number of likely N-dealkylation sites (tertiary alicyclic amines) is 1.